The van der Waals surface area contributed by atoms with Crippen molar-refractivity contribution >= 4 is 17.9 Å². The second-order valence-corrected chi connectivity index (χ2v) is 12.4. The molecule has 6 rings (SSSR count). The molecule has 1 aliphatic carbocycles. The van der Waals surface area contributed by atoms with Crippen molar-refractivity contribution in [2.75, 3.05) is 13.2 Å². The van der Waals surface area contributed by atoms with Gasteiger partial charge in [-0.25, -0.2) is 10.4 Å². The summed E-state index contributed by atoms with van der Waals surface area (Å²) in [4.78, 5) is 19.6. The maximum absolute atomic E-state index is 14.5. The molecule has 4 aromatic carbocycles. The Morgan fingerprint density at radius 2 is 1.50 bits per heavy atom. The molecule has 4 N–H and O–H groups in total. The van der Waals surface area contributed by atoms with E-state index in [0.29, 0.717) is 37.5 Å². The van der Waals surface area contributed by atoms with Crippen LogP contribution in [0.3, 0.4) is 0 Å². The minimum Gasteiger partial charge on any atom is -0.494 e. The molecule has 0 saturated heterocycles. The van der Waals surface area contributed by atoms with Crippen molar-refractivity contribution in [2.24, 2.45) is 4.99 Å². The number of hydrogen-bond acceptors (Lipinski definition) is 7. The molecule has 8 nitrogen and oxygen atoms in total. The Balaban J connectivity index is 1.35. The predicted octanol–water partition coefficient (Wildman–Crippen LogP) is 6.40. The summed E-state index contributed by atoms with van der Waals surface area (Å²) in [5.41, 5.74) is 9.69. The summed E-state index contributed by atoms with van der Waals surface area (Å²) < 4.78 is 12.4. The van der Waals surface area contributed by atoms with Crippen LogP contribution >= 0.6 is 0 Å². The predicted molar refractivity (Wildman–Crippen MR) is 188 cm³/mol. The Hall–Kier alpha value is -4.76. The first kappa shape index (κ1) is 33.2. The Kier molecular flexibility index (Phi) is 11.0. The molecule has 48 heavy (non-hydrogen) atoms. The highest BCUT2D eigenvalue weighted by Crippen LogP contribution is 2.43. The number of hydrazine groups is 1. The molecule has 1 aliphatic heterocycles. The molecule has 0 spiro atoms. The maximum Gasteiger partial charge on any atom is 0.266 e. The monoisotopic (exact) mass is 645 g/mol. The number of rotatable bonds is 13. The van der Waals surface area contributed by atoms with Crippen LogP contribution in [-0.4, -0.2) is 52.9 Å². The van der Waals surface area contributed by atoms with Gasteiger partial charge in [0.25, 0.3) is 5.91 Å². The van der Waals surface area contributed by atoms with Crippen molar-refractivity contribution in [3.8, 4) is 16.9 Å². The van der Waals surface area contributed by atoms with Crippen molar-refractivity contribution in [3.63, 3.8) is 0 Å². The SMILES string of the molecule is O=C(NNC1CCC(O)CC1)[C@@]1(C/C=C/c2ccccc2)N=C(c2ccc(OCCCO)cc2)O[C@H]1c1ccc(-c2ccccc2)cc1. The van der Waals surface area contributed by atoms with Crippen LogP contribution in [0.5, 0.6) is 5.75 Å². The number of hydrogen-bond donors (Lipinski definition) is 4. The third-order valence-corrected chi connectivity index (χ3v) is 8.98. The lowest BCUT2D eigenvalue weighted by atomic mass is 9.84. The van der Waals surface area contributed by atoms with Gasteiger partial charge in [-0.1, -0.05) is 97.1 Å². The summed E-state index contributed by atoms with van der Waals surface area (Å²) in [6.45, 7) is 0.481. The van der Waals surface area contributed by atoms with Gasteiger partial charge in [-0.3, -0.25) is 10.2 Å². The smallest absolute Gasteiger partial charge is 0.266 e. The molecule has 1 heterocycles. The topological polar surface area (TPSA) is 112 Å². The standard InChI is InChI=1S/C40H43N3O5/c44-27-8-28-47-36-24-18-33(19-25-36)38-41-40(26-7-11-29-9-3-1-4-10-29,39(46)43-42-34-20-22-35(45)23-21-34)37(48-38)32-16-14-31(15-17-32)30-12-5-2-6-13-30/h1-7,9-19,24-25,34-35,37,42,44-45H,8,20-23,26-28H2,(H,43,46)/b11-7+/t34?,35?,37-,40-/m0/s1. The van der Waals surface area contributed by atoms with E-state index >= 15 is 0 Å². The molecule has 1 fully saturated rings. The molecular formula is C40H43N3O5. The fraction of sp³-hybridized carbons (Fsp3) is 0.300. The van der Waals surface area contributed by atoms with Crippen LogP contribution in [0.25, 0.3) is 17.2 Å². The van der Waals surface area contributed by atoms with Crippen molar-refractivity contribution in [3.05, 3.63) is 132 Å². The average Bonchev–Trinajstić information content (AvgIpc) is 3.53. The highest BCUT2D eigenvalue weighted by molar-refractivity contribution is 6.01. The molecule has 248 valence electrons. The Bertz CT molecular complexity index is 1670. The van der Waals surface area contributed by atoms with Crippen molar-refractivity contribution in [1.29, 1.82) is 0 Å². The number of carbonyl (C=O) groups is 1. The van der Waals surface area contributed by atoms with Gasteiger partial charge in [0, 0.05) is 31.1 Å². The van der Waals surface area contributed by atoms with Crippen molar-refractivity contribution in [1.82, 2.24) is 10.9 Å². The summed E-state index contributed by atoms with van der Waals surface area (Å²) in [6, 6.07) is 35.8. The van der Waals surface area contributed by atoms with Crippen LogP contribution in [0.2, 0.25) is 0 Å². The van der Waals surface area contributed by atoms with E-state index in [1.54, 1.807) is 0 Å². The number of amides is 1. The average molecular weight is 646 g/mol. The summed E-state index contributed by atoms with van der Waals surface area (Å²) in [6.07, 6.45) is 6.75. The number of nitrogens with one attached hydrogen (secondary N) is 2. The third-order valence-electron chi connectivity index (χ3n) is 8.98. The largest absolute Gasteiger partial charge is 0.494 e. The molecule has 0 bridgehead atoms. The molecule has 2 atom stereocenters. The molecule has 1 amide bonds. The Morgan fingerprint density at radius 1 is 0.854 bits per heavy atom. The summed E-state index contributed by atoms with van der Waals surface area (Å²) >= 11 is 0. The molecule has 0 aromatic heterocycles. The lowest BCUT2D eigenvalue weighted by molar-refractivity contribution is -0.130. The maximum atomic E-state index is 14.5. The Morgan fingerprint density at radius 3 is 2.19 bits per heavy atom. The number of aliphatic imine (C=N–C) groups is 1. The number of aliphatic hydroxyl groups excluding tert-OH is 2. The van der Waals surface area contributed by atoms with Crippen LogP contribution in [0.4, 0.5) is 0 Å². The summed E-state index contributed by atoms with van der Waals surface area (Å²) in [7, 11) is 0. The summed E-state index contributed by atoms with van der Waals surface area (Å²) in [5, 5.41) is 19.1. The number of aliphatic hydroxyl groups is 2. The zero-order valence-electron chi connectivity index (χ0n) is 27.0. The number of nitrogens with zero attached hydrogens (tertiary/aromatic N) is 1. The minimum absolute atomic E-state index is 0.0574. The van der Waals surface area contributed by atoms with Crippen LogP contribution in [0.1, 0.15) is 61.3 Å². The number of ether oxygens (including phenoxy) is 2. The normalized spacial score (nSPS) is 22.2. The zero-order valence-corrected chi connectivity index (χ0v) is 27.0. The molecule has 1 saturated carbocycles. The van der Waals surface area contributed by atoms with Crippen LogP contribution in [0.15, 0.2) is 120 Å². The van der Waals surface area contributed by atoms with E-state index in [1.807, 2.05) is 97.1 Å². The lowest BCUT2D eigenvalue weighted by Crippen LogP contribution is -2.55. The molecule has 8 heteroatoms. The van der Waals surface area contributed by atoms with E-state index in [1.165, 1.54) is 0 Å². The second kappa shape index (κ2) is 15.9. The lowest BCUT2D eigenvalue weighted by Gasteiger charge is -2.32. The van der Waals surface area contributed by atoms with Crippen molar-refractivity contribution in [2.45, 2.75) is 62.3 Å². The van der Waals surface area contributed by atoms with E-state index in [0.717, 1.165) is 40.7 Å². The van der Waals surface area contributed by atoms with Crippen molar-refractivity contribution < 1.29 is 24.5 Å². The van der Waals surface area contributed by atoms with Gasteiger partial charge in [0.15, 0.2) is 11.6 Å². The summed E-state index contributed by atoms with van der Waals surface area (Å²) in [5.74, 6) is 0.760. The van der Waals surface area contributed by atoms with Gasteiger partial charge in [0.2, 0.25) is 5.90 Å². The van der Waals surface area contributed by atoms with E-state index in [2.05, 4.69) is 35.1 Å². The van der Waals surface area contributed by atoms with Crippen LogP contribution in [0, 0.1) is 0 Å². The van der Waals surface area contributed by atoms with Gasteiger partial charge in [-0.05, 0) is 72.2 Å². The zero-order chi connectivity index (χ0) is 33.2. The molecule has 0 unspecified atom stereocenters. The van der Waals surface area contributed by atoms with Gasteiger partial charge in [-0.15, -0.1) is 0 Å². The number of benzene rings is 4. The highest BCUT2D eigenvalue weighted by Gasteiger charge is 2.52. The van der Waals surface area contributed by atoms with E-state index in [4.69, 9.17) is 19.6 Å². The molecule has 4 aromatic rings. The number of carbonyl (C=O) groups excluding carboxylic acids is 1. The van der Waals surface area contributed by atoms with E-state index < -0.39 is 11.6 Å². The Labute approximate surface area is 282 Å². The van der Waals surface area contributed by atoms with Crippen LogP contribution in [-0.2, 0) is 9.53 Å². The van der Waals surface area contributed by atoms with Gasteiger partial charge >= 0.3 is 0 Å². The van der Waals surface area contributed by atoms with E-state index in [-0.39, 0.29) is 31.1 Å². The first-order valence-corrected chi connectivity index (χ1v) is 16.8. The van der Waals surface area contributed by atoms with Crippen LogP contribution < -0.4 is 15.6 Å². The van der Waals surface area contributed by atoms with Gasteiger partial charge < -0.3 is 19.7 Å². The molecular weight excluding hydrogens is 602 g/mol. The van der Waals surface area contributed by atoms with Gasteiger partial charge in [0.1, 0.15) is 5.75 Å². The van der Waals surface area contributed by atoms with Gasteiger partial charge in [-0.2, -0.15) is 0 Å². The third kappa shape index (κ3) is 8.02. The molecule has 0 radical (unpaired) electrons. The fourth-order valence-corrected chi connectivity index (χ4v) is 6.23. The highest BCUT2D eigenvalue weighted by atomic mass is 16.5. The van der Waals surface area contributed by atoms with Gasteiger partial charge in [0.05, 0.1) is 12.7 Å². The quantitative estimate of drug-likeness (QED) is 0.0990. The first-order valence-electron chi connectivity index (χ1n) is 16.8. The fourth-order valence-electron chi connectivity index (χ4n) is 6.23. The minimum atomic E-state index is -1.33. The van der Waals surface area contributed by atoms with E-state index in [9.17, 15) is 9.90 Å². The molecule has 2 aliphatic rings. The second-order valence-electron chi connectivity index (χ2n) is 12.4. The first-order chi connectivity index (χ1) is 23.5.